The maximum absolute atomic E-state index is 13.1. The van der Waals surface area contributed by atoms with Crippen LogP contribution in [0.2, 0.25) is 10.0 Å². The zero-order valence-electron chi connectivity index (χ0n) is 16.8. The van der Waals surface area contributed by atoms with E-state index in [4.69, 9.17) is 28.9 Å². The van der Waals surface area contributed by atoms with Gasteiger partial charge in [-0.3, -0.25) is 0 Å². The minimum absolute atomic E-state index is 0.0438. The van der Waals surface area contributed by atoms with E-state index in [9.17, 15) is 13.6 Å². The van der Waals surface area contributed by atoms with Crippen LogP contribution in [0.25, 0.3) is 16.7 Å². The Labute approximate surface area is 195 Å². The first kappa shape index (κ1) is 21.4. The number of aromatic nitrogens is 4. The van der Waals surface area contributed by atoms with E-state index in [-0.39, 0.29) is 46.2 Å². The molecule has 0 aliphatic carbocycles. The van der Waals surface area contributed by atoms with Gasteiger partial charge in [0.2, 0.25) is 5.95 Å². The number of para-hydroxylation sites is 1. The first-order valence-electron chi connectivity index (χ1n) is 9.71. The van der Waals surface area contributed by atoms with Crippen molar-refractivity contribution in [2.45, 2.75) is 5.92 Å². The second kappa shape index (κ2) is 7.82. The van der Waals surface area contributed by atoms with Crippen molar-refractivity contribution in [2.24, 2.45) is 0 Å². The van der Waals surface area contributed by atoms with Gasteiger partial charge in [0.25, 0.3) is 5.92 Å². The standard InChI is InChI=1S/C21H15Cl2F2N7O/c22-14-2-1-3-15(23)16(14)32-17(26)13-8-27-19(29-18(13)30-20(32)33)28-11-4-6-12(7-5-11)31-9-21(24,25)10-31/h1-8H,9-10,26H2,(H,28,29,30,33). The molecule has 0 spiro atoms. The van der Waals surface area contributed by atoms with Gasteiger partial charge in [-0.05, 0) is 36.4 Å². The van der Waals surface area contributed by atoms with E-state index in [0.717, 1.165) is 4.57 Å². The molecule has 0 saturated carbocycles. The summed E-state index contributed by atoms with van der Waals surface area (Å²) in [5, 5.41) is 3.81. The molecule has 5 rings (SSSR count). The molecule has 2 aromatic carbocycles. The van der Waals surface area contributed by atoms with E-state index < -0.39 is 11.6 Å². The molecule has 0 amide bonds. The molecule has 168 valence electrons. The van der Waals surface area contributed by atoms with Crippen molar-refractivity contribution >= 4 is 57.4 Å². The van der Waals surface area contributed by atoms with Crippen molar-refractivity contribution in [1.82, 2.24) is 19.5 Å². The van der Waals surface area contributed by atoms with E-state index in [2.05, 4.69) is 20.3 Å². The molecule has 33 heavy (non-hydrogen) atoms. The van der Waals surface area contributed by atoms with Crippen LogP contribution in [0, 0.1) is 0 Å². The monoisotopic (exact) mass is 489 g/mol. The minimum Gasteiger partial charge on any atom is -0.384 e. The highest BCUT2D eigenvalue weighted by atomic mass is 35.5. The molecule has 1 aliphatic heterocycles. The highest BCUT2D eigenvalue weighted by Crippen LogP contribution is 2.33. The summed E-state index contributed by atoms with van der Waals surface area (Å²) in [4.78, 5) is 26.8. The maximum Gasteiger partial charge on any atom is 0.355 e. The lowest BCUT2D eigenvalue weighted by Gasteiger charge is -2.40. The molecule has 0 radical (unpaired) electrons. The predicted molar refractivity (Wildman–Crippen MR) is 124 cm³/mol. The quantitative estimate of drug-likeness (QED) is 0.441. The molecule has 1 aliphatic rings. The molecule has 8 nitrogen and oxygen atoms in total. The molecule has 3 N–H and O–H groups in total. The second-order valence-corrected chi connectivity index (χ2v) is 8.31. The zero-order chi connectivity index (χ0) is 23.3. The fourth-order valence-corrected chi connectivity index (χ4v) is 4.13. The predicted octanol–water partition coefficient (Wildman–Crippen LogP) is 4.26. The first-order valence-corrected chi connectivity index (χ1v) is 10.5. The topological polar surface area (TPSA) is 102 Å². The lowest BCUT2D eigenvalue weighted by molar-refractivity contribution is -0.0262. The van der Waals surface area contributed by atoms with Gasteiger partial charge in [-0.1, -0.05) is 29.3 Å². The third-order valence-corrected chi connectivity index (χ3v) is 5.78. The Kier molecular flexibility index (Phi) is 5.06. The molecule has 0 atom stereocenters. The summed E-state index contributed by atoms with van der Waals surface area (Å²) < 4.78 is 27.2. The fourth-order valence-electron chi connectivity index (χ4n) is 3.56. The Morgan fingerprint density at radius 3 is 2.33 bits per heavy atom. The van der Waals surface area contributed by atoms with Crippen LogP contribution in [0.15, 0.2) is 53.5 Å². The first-order chi connectivity index (χ1) is 15.7. The third kappa shape index (κ3) is 3.91. The summed E-state index contributed by atoms with van der Waals surface area (Å²) in [6, 6.07) is 11.7. The van der Waals surface area contributed by atoms with Crippen molar-refractivity contribution in [3.05, 3.63) is 69.2 Å². The second-order valence-electron chi connectivity index (χ2n) is 7.50. The summed E-state index contributed by atoms with van der Waals surface area (Å²) in [6.07, 6.45) is 1.43. The van der Waals surface area contributed by atoms with Crippen molar-refractivity contribution < 1.29 is 8.78 Å². The van der Waals surface area contributed by atoms with Crippen LogP contribution in [0.3, 0.4) is 0 Å². The molecular formula is C21H15Cl2F2N7O. The number of hydrogen-bond acceptors (Lipinski definition) is 7. The maximum atomic E-state index is 13.1. The Bertz CT molecular complexity index is 1420. The number of nitrogens with one attached hydrogen (secondary N) is 1. The number of fused-ring (bicyclic) bond motifs is 1. The third-order valence-electron chi connectivity index (χ3n) is 5.17. The molecule has 1 saturated heterocycles. The van der Waals surface area contributed by atoms with Crippen LogP contribution in [-0.2, 0) is 0 Å². The average Bonchev–Trinajstić information content (AvgIpc) is 2.74. The van der Waals surface area contributed by atoms with Crippen LogP contribution < -0.4 is 21.6 Å². The van der Waals surface area contributed by atoms with E-state index in [0.29, 0.717) is 16.8 Å². The van der Waals surface area contributed by atoms with Gasteiger partial charge in [0, 0.05) is 17.6 Å². The highest BCUT2D eigenvalue weighted by molar-refractivity contribution is 6.37. The normalized spacial score (nSPS) is 14.8. The molecule has 3 heterocycles. The molecule has 0 bridgehead atoms. The summed E-state index contributed by atoms with van der Waals surface area (Å²) in [5.74, 6) is -2.41. The van der Waals surface area contributed by atoms with Gasteiger partial charge in [-0.2, -0.15) is 9.97 Å². The number of nitrogen functional groups attached to an aromatic ring is 1. The number of alkyl halides is 2. The highest BCUT2D eigenvalue weighted by Gasteiger charge is 2.43. The Balaban J connectivity index is 1.44. The summed E-state index contributed by atoms with van der Waals surface area (Å²) in [5.41, 5.74) is 7.16. The number of halogens is 4. The largest absolute Gasteiger partial charge is 0.384 e. The average molecular weight is 490 g/mol. The van der Waals surface area contributed by atoms with E-state index in [1.807, 2.05) is 0 Å². The Morgan fingerprint density at radius 2 is 1.70 bits per heavy atom. The molecule has 12 heteroatoms. The van der Waals surface area contributed by atoms with Gasteiger partial charge in [0.15, 0.2) is 5.65 Å². The van der Waals surface area contributed by atoms with E-state index >= 15 is 0 Å². The van der Waals surface area contributed by atoms with E-state index in [1.165, 1.54) is 6.20 Å². The van der Waals surface area contributed by atoms with Gasteiger partial charge in [-0.15, -0.1) is 0 Å². The Morgan fingerprint density at radius 1 is 1.03 bits per heavy atom. The lowest BCUT2D eigenvalue weighted by Crippen LogP contribution is -2.56. The van der Waals surface area contributed by atoms with Crippen molar-refractivity contribution in [3.8, 4) is 5.69 Å². The number of nitrogens with zero attached hydrogens (tertiary/aromatic N) is 5. The number of hydrogen-bond donors (Lipinski definition) is 2. The van der Waals surface area contributed by atoms with Gasteiger partial charge < -0.3 is 16.0 Å². The molecule has 1 fully saturated rings. The number of anilines is 4. The zero-order valence-corrected chi connectivity index (χ0v) is 18.3. The van der Waals surface area contributed by atoms with Crippen molar-refractivity contribution in [3.63, 3.8) is 0 Å². The van der Waals surface area contributed by atoms with Gasteiger partial charge in [-0.25, -0.2) is 23.1 Å². The SMILES string of the molecule is Nc1c2cnc(Nc3ccc(N4CC(F)(F)C4)cc3)nc2nc(=O)n1-c1c(Cl)cccc1Cl. The number of benzene rings is 2. The molecule has 2 aromatic heterocycles. The summed E-state index contributed by atoms with van der Waals surface area (Å²) >= 11 is 12.4. The molecule has 4 aromatic rings. The fraction of sp³-hybridized carbons (Fsp3) is 0.143. The molecule has 0 unspecified atom stereocenters. The van der Waals surface area contributed by atoms with Crippen LogP contribution in [-0.4, -0.2) is 38.5 Å². The van der Waals surface area contributed by atoms with Crippen LogP contribution in [0.1, 0.15) is 0 Å². The van der Waals surface area contributed by atoms with Crippen molar-refractivity contribution in [2.75, 3.05) is 29.0 Å². The Hall–Kier alpha value is -3.50. The lowest BCUT2D eigenvalue weighted by atomic mass is 10.1. The van der Waals surface area contributed by atoms with Crippen LogP contribution in [0.4, 0.5) is 31.9 Å². The molecular weight excluding hydrogens is 475 g/mol. The van der Waals surface area contributed by atoms with Gasteiger partial charge in [0.05, 0.1) is 34.2 Å². The van der Waals surface area contributed by atoms with Gasteiger partial charge in [0.1, 0.15) is 5.82 Å². The van der Waals surface area contributed by atoms with Crippen LogP contribution in [0.5, 0.6) is 0 Å². The summed E-state index contributed by atoms with van der Waals surface area (Å²) in [6.45, 7) is -0.588. The number of rotatable bonds is 4. The van der Waals surface area contributed by atoms with Gasteiger partial charge >= 0.3 is 5.69 Å². The number of nitrogens with two attached hydrogens (primary N) is 1. The smallest absolute Gasteiger partial charge is 0.355 e. The van der Waals surface area contributed by atoms with Crippen LogP contribution >= 0.6 is 23.2 Å². The van der Waals surface area contributed by atoms with Crippen molar-refractivity contribution in [1.29, 1.82) is 0 Å². The van der Waals surface area contributed by atoms with E-state index in [1.54, 1.807) is 47.4 Å². The summed E-state index contributed by atoms with van der Waals surface area (Å²) in [7, 11) is 0. The minimum atomic E-state index is -2.64.